The fourth-order valence-corrected chi connectivity index (χ4v) is 4.75. The highest BCUT2D eigenvalue weighted by Crippen LogP contribution is 2.38. The van der Waals surface area contributed by atoms with E-state index in [1.807, 2.05) is 0 Å². The summed E-state index contributed by atoms with van der Waals surface area (Å²) in [7, 11) is -4.32. The lowest BCUT2D eigenvalue weighted by Gasteiger charge is -2.14. The number of ether oxygens (including phenoxy) is 1. The van der Waals surface area contributed by atoms with Gasteiger partial charge in [-0.3, -0.25) is 4.72 Å². The lowest BCUT2D eigenvalue weighted by Crippen LogP contribution is -2.14. The molecule has 0 radical (unpaired) electrons. The molecule has 0 saturated heterocycles. The van der Waals surface area contributed by atoms with Crippen LogP contribution in [0, 0.1) is 11.6 Å². The number of anilines is 2. The fourth-order valence-electron chi connectivity index (χ4n) is 2.73. The molecule has 0 fully saturated rings. The van der Waals surface area contributed by atoms with Crippen LogP contribution in [0.4, 0.5) is 19.7 Å². The molecule has 0 bridgehead atoms. The van der Waals surface area contributed by atoms with E-state index >= 15 is 0 Å². The van der Waals surface area contributed by atoms with Gasteiger partial charge < -0.3 is 10.5 Å². The summed E-state index contributed by atoms with van der Waals surface area (Å²) in [6, 6.07) is 8.52. The number of nitrogens with zero attached hydrogens (tertiary/aromatic N) is 3. The minimum atomic E-state index is -4.32. The summed E-state index contributed by atoms with van der Waals surface area (Å²) in [6.45, 7) is 0. The van der Waals surface area contributed by atoms with E-state index in [2.05, 4.69) is 19.1 Å². The minimum absolute atomic E-state index is 0.0339. The standard InChI is InChI=1S/C19H12ClF2N5O3S2/c20-13-7-17(32(28,29)27-19-25-9-26-31-19)14(22)8-16(13)30-15-2-1-11(21)6-12(15)10-3-4-24-18(23)5-10/h1-9H,(H2,23,24)(H,25,26,27). The van der Waals surface area contributed by atoms with Gasteiger partial charge in [0.2, 0.25) is 5.13 Å². The normalized spacial score (nSPS) is 11.3. The lowest BCUT2D eigenvalue weighted by atomic mass is 10.1. The van der Waals surface area contributed by atoms with Gasteiger partial charge in [0.15, 0.2) is 0 Å². The SMILES string of the molecule is Nc1cc(-c2cc(F)ccc2Oc2cc(F)c(S(=O)(=O)Nc3ncns3)cc2Cl)ccn1. The van der Waals surface area contributed by atoms with Gasteiger partial charge in [-0.15, -0.1) is 0 Å². The van der Waals surface area contributed by atoms with Crippen molar-refractivity contribution >= 4 is 44.1 Å². The van der Waals surface area contributed by atoms with Crippen molar-refractivity contribution in [3.05, 3.63) is 71.6 Å². The van der Waals surface area contributed by atoms with Crippen LogP contribution in [0.3, 0.4) is 0 Å². The maximum atomic E-state index is 14.7. The monoisotopic (exact) mass is 495 g/mol. The number of nitrogen functional groups attached to an aromatic ring is 1. The molecule has 0 aliphatic carbocycles. The van der Waals surface area contributed by atoms with Gasteiger partial charge >= 0.3 is 0 Å². The van der Waals surface area contributed by atoms with Crippen LogP contribution < -0.4 is 15.2 Å². The molecule has 2 heterocycles. The Morgan fingerprint density at radius 3 is 2.59 bits per heavy atom. The molecule has 8 nitrogen and oxygen atoms in total. The van der Waals surface area contributed by atoms with E-state index in [0.717, 1.165) is 36.1 Å². The number of sulfonamides is 1. The number of rotatable bonds is 6. The predicted octanol–water partition coefficient (Wildman–Crippen LogP) is 4.71. The molecule has 2 aromatic carbocycles. The summed E-state index contributed by atoms with van der Waals surface area (Å²) in [4.78, 5) is 6.88. The number of pyridine rings is 1. The second-order valence-electron chi connectivity index (χ2n) is 6.28. The quantitative estimate of drug-likeness (QED) is 0.397. The molecular formula is C19H12ClF2N5O3S2. The van der Waals surface area contributed by atoms with E-state index in [0.29, 0.717) is 11.1 Å². The van der Waals surface area contributed by atoms with Crippen LogP contribution in [-0.4, -0.2) is 22.8 Å². The molecule has 0 aliphatic heterocycles. The van der Waals surface area contributed by atoms with Gasteiger partial charge in [0, 0.05) is 29.4 Å². The van der Waals surface area contributed by atoms with Crippen molar-refractivity contribution in [3.63, 3.8) is 0 Å². The molecule has 0 saturated carbocycles. The van der Waals surface area contributed by atoms with Gasteiger partial charge in [-0.2, -0.15) is 4.37 Å². The van der Waals surface area contributed by atoms with E-state index in [1.54, 1.807) is 6.07 Å². The van der Waals surface area contributed by atoms with Crippen LogP contribution in [0.25, 0.3) is 11.1 Å². The molecular weight excluding hydrogens is 484 g/mol. The molecule has 0 aliphatic rings. The maximum Gasteiger partial charge on any atom is 0.266 e. The van der Waals surface area contributed by atoms with Gasteiger partial charge in [-0.25, -0.2) is 27.2 Å². The van der Waals surface area contributed by atoms with Crippen molar-refractivity contribution in [1.82, 2.24) is 14.3 Å². The molecule has 0 unspecified atom stereocenters. The lowest BCUT2D eigenvalue weighted by molar-refractivity contribution is 0.473. The minimum Gasteiger partial charge on any atom is -0.455 e. The Morgan fingerprint density at radius 1 is 1.06 bits per heavy atom. The van der Waals surface area contributed by atoms with E-state index in [1.165, 1.54) is 24.4 Å². The second kappa shape index (κ2) is 8.65. The molecule has 4 rings (SSSR count). The van der Waals surface area contributed by atoms with Crippen molar-refractivity contribution in [2.24, 2.45) is 0 Å². The Bertz CT molecular complexity index is 1400. The van der Waals surface area contributed by atoms with Gasteiger partial charge in [-0.1, -0.05) is 11.6 Å². The van der Waals surface area contributed by atoms with Crippen LogP contribution in [0.1, 0.15) is 0 Å². The summed E-state index contributed by atoms with van der Waals surface area (Å²) in [5.74, 6) is -1.48. The van der Waals surface area contributed by atoms with Crippen LogP contribution in [-0.2, 0) is 10.0 Å². The van der Waals surface area contributed by atoms with E-state index in [4.69, 9.17) is 22.1 Å². The van der Waals surface area contributed by atoms with Crippen molar-refractivity contribution in [3.8, 4) is 22.6 Å². The summed E-state index contributed by atoms with van der Waals surface area (Å²) >= 11 is 6.97. The van der Waals surface area contributed by atoms with Gasteiger partial charge in [-0.05, 0) is 42.0 Å². The zero-order valence-corrected chi connectivity index (χ0v) is 18.2. The van der Waals surface area contributed by atoms with E-state index < -0.39 is 26.6 Å². The first-order chi connectivity index (χ1) is 15.2. The Hall–Kier alpha value is -3.35. The Balaban J connectivity index is 1.70. The third-order valence-electron chi connectivity index (χ3n) is 4.11. The van der Waals surface area contributed by atoms with E-state index in [9.17, 15) is 17.2 Å². The highest BCUT2D eigenvalue weighted by molar-refractivity contribution is 7.93. The van der Waals surface area contributed by atoms with Crippen molar-refractivity contribution in [2.45, 2.75) is 4.90 Å². The van der Waals surface area contributed by atoms with Crippen LogP contribution in [0.15, 0.2) is 59.9 Å². The average Bonchev–Trinajstić information content (AvgIpc) is 3.24. The van der Waals surface area contributed by atoms with Gasteiger partial charge in [0.25, 0.3) is 10.0 Å². The Morgan fingerprint density at radius 2 is 1.88 bits per heavy atom. The second-order valence-corrected chi connectivity index (χ2v) is 9.12. The highest BCUT2D eigenvalue weighted by Gasteiger charge is 2.24. The van der Waals surface area contributed by atoms with Crippen LogP contribution in [0.5, 0.6) is 11.5 Å². The number of aromatic nitrogens is 3. The molecule has 0 atom stereocenters. The topological polar surface area (TPSA) is 120 Å². The Kier molecular flexibility index (Phi) is 5.91. The number of hydrogen-bond acceptors (Lipinski definition) is 8. The van der Waals surface area contributed by atoms with Crippen LogP contribution in [0.2, 0.25) is 5.02 Å². The molecule has 3 N–H and O–H groups in total. The first-order valence-electron chi connectivity index (χ1n) is 8.71. The summed E-state index contributed by atoms with van der Waals surface area (Å²) in [6.07, 6.45) is 2.59. The molecule has 164 valence electrons. The largest absolute Gasteiger partial charge is 0.455 e. The summed E-state index contributed by atoms with van der Waals surface area (Å²) < 4.78 is 65.1. The van der Waals surface area contributed by atoms with Gasteiger partial charge in [0.1, 0.15) is 40.2 Å². The zero-order chi connectivity index (χ0) is 22.9. The van der Waals surface area contributed by atoms with E-state index in [-0.39, 0.29) is 27.5 Å². The smallest absolute Gasteiger partial charge is 0.266 e. The fraction of sp³-hybridized carbons (Fsp3) is 0. The molecule has 13 heteroatoms. The first kappa shape index (κ1) is 21.9. The van der Waals surface area contributed by atoms with Crippen LogP contribution >= 0.6 is 23.1 Å². The summed E-state index contributed by atoms with van der Waals surface area (Å²) in [5.41, 5.74) is 6.51. The van der Waals surface area contributed by atoms with Gasteiger partial charge in [0.05, 0.1) is 5.02 Å². The third kappa shape index (κ3) is 4.61. The zero-order valence-electron chi connectivity index (χ0n) is 15.8. The molecule has 4 aromatic rings. The van der Waals surface area contributed by atoms with Crippen molar-refractivity contribution in [1.29, 1.82) is 0 Å². The number of nitrogens with two attached hydrogens (primary N) is 1. The summed E-state index contributed by atoms with van der Waals surface area (Å²) in [5, 5.41) is -0.220. The predicted molar refractivity (Wildman–Crippen MR) is 116 cm³/mol. The first-order valence-corrected chi connectivity index (χ1v) is 11.3. The number of halogens is 3. The highest BCUT2D eigenvalue weighted by atomic mass is 35.5. The maximum absolute atomic E-state index is 14.7. The molecule has 32 heavy (non-hydrogen) atoms. The number of hydrogen-bond donors (Lipinski definition) is 2. The van der Waals surface area contributed by atoms with Crippen molar-refractivity contribution in [2.75, 3.05) is 10.5 Å². The Labute approximate surface area is 189 Å². The third-order valence-corrected chi connectivity index (χ3v) is 6.47. The molecule has 2 aromatic heterocycles. The molecule has 0 amide bonds. The average molecular weight is 496 g/mol. The number of nitrogens with one attached hydrogen (secondary N) is 1. The number of benzene rings is 2. The van der Waals surface area contributed by atoms with Crippen molar-refractivity contribution < 1.29 is 21.9 Å². The molecule has 0 spiro atoms.